The van der Waals surface area contributed by atoms with Crippen LogP contribution in [0.3, 0.4) is 0 Å². The molecule has 0 atom stereocenters. The van der Waals surface area contributed by atoms with Crippen LogP contribution in [0.15, 0.2) is 36.4 Å². The zero-order chi connectivity index (χ0) is 21.1. The Kier molecular flexibility index (Phi) is 6.32. The predicted molar refractivity (Wildman–Crippen MR) is 121 cm³/mol. The standard InChI is InChI=1S/C23H27N3O3S/c1-16-4-9-20-21(17(16)2)24-23(30-20)26(11-10-25-12-14-29-15-13-25)22(27)18-5-7-19(28-3)8-6-18/h4-9H,10-15H2,1-3H3. The number of carbonyl (C=O) groups is 1. The molecule has 0 saturated carbocycles. The number of methoxy groups -OCH3 is 1. The molecule has 1 amide bonds. The van der Waals surface area contributed by atoms with E-state index in [9.17, 15) is 4.79 Å². The van der Waals surface area contributed by atoms with E-state index in [2.05, 4.69) is 30.9 Å². The Hall–Kier alpha value is -2.48. The maximum absolute atomic E-state index is 13.5. The third-order valence-electron chi connectivity index (χ3n) is 5.63. The monoisotopic (exact) mass is 425 g/mol. The fraction of sp³-hybridized carbons (Fsp3) is 0.391. The summed E-state index contributed by atoms with van der Waals surface area (Å²) in [6, 6.07) is 11.5. The van der Waals surface area contributed by atoms with Gasteiger partial charge in [-0.2, -0.15) is 0 Å². The second kappa shape index (κ2) is 9.12. The lowest BCUT2D eigenvalue weighted by Gasteiger charge is -2.29. The topological polar surface area (TPSA) is 54.9 Å². The van der Waals surface area contributed by atoms with Gasteiger partial charge >= 0.3 is 0 Å². The van der Waals surface area contributed by atoms with Gasteiger partial charge < -0.3 is 9.47 Å². The number of fused-ring (bicyclic) bond motifs is 1. The Balaban J connectivity index is 1.65. The maximum atomic E-state index is 13.5. The van der Waals surface area contributed by atoms with Crippen LogP contribution in [0.5, 0.6) is 5.75 Å². The summed E-state index contributed by atoms with van der Waals surface area (Å²) in [5.74, 6) is 0.692. The number of aromatic nitrogens is 1. The van der Waals surface area contributed by atoms with Crippen molar-refractivity contribution in [1.29, 1.82) is 0 Å². The van der Waals surface area contributed by atoms with E-state index in [1.165, 1.54) is 11.1 Å². The smallest absolute Gasteiger partial charge is 0.260 e. The molecule has 30 heavy (non-hydrogen) atoms. The highest BCUT2D eigenvalue weighted by Crippen LogP contribution is 2.32. The average Bonchev–Trinajstić information content (AvgIpc) is 3.22. The number of thiazole rings is 1. The lowest BCUT2D eigenvalue weighted by Crippen LogP contribution is -2.43. The number of hydrogen-bond donors (Lipinski definition) is 0. The second-order valence-corrected chi connectivity index (χ2v) is 8.50. The van der Waals surface area contributed by atoms with Gasteiger partial charge in [0.05, 0.1) is 30.5 Å². The molecule has 1 aromatic heterocycles. The minimum atomic E-state index is -0.0423. The number of aryl methyl sites for hydroxylation is 2. The molecule has 2 aromatic carbocycles. The van der Waals surface area contributed by atoms with Crippen molar-refractivity contribution in [2.75, 3.05) is 51.4 Å². The number of rotatable bonds is 6. The van der Waals surface area contributed by atoms with Gasteiger partial charge in [-0.15, -0.1) is 0 Å². The van der Waals surface area contributed by atoms with Crippen LogP contribution in [-0.4, -0.2) is 62.3 Å². The number of ether oxygens (including phenoxy) is 2. The van der Waals surface area contributed by atoms with Crippen LogP contribution >= 0.6 is 11.3 Å². The molecule has 6 nitrogen and oxygen atoms in total. The first kappa shape index (κ1) is 20.8. The molecule has 0 N–H and O–H groups in total. The average molecular weight is 426 g/mol. The van der Waals surface area contributed by atoms with Crippen LogP contribution in [0.25, 0.3) is 10.2 Å². The van der Waals surface area contributed by atoms with E-state index in [1.807, 2.05) is 29.2 Å². The molecule has 1 saturated heterocycles. The molecule has 4 rings (SSSR count). The summed E-state index contributed by atoms with van der Waals surface area (Å²) in [6.45, 7) is 8.82. The molecular formula is C23H27N3O3S. The summed E-state index contributed by atoms with van der Waals surface area (Å²) in [7, 11) is 1.62. The Labute approximate surface area is 181 Å². The van der Waals surface area contributed by atoms with Crippen molar-refractivity contribution in [2.24, 2.45) is 0 Å². The van der Waals surface area contributed by atoms with E-state index in [1.54, 1.807) is 18.4 Å². The molecule has 0 bridgehead atoms. The zero-order valence-corrected chi connectivity index (χ0v) is 18.5. The van der Waals surface area contributed by atoms with Crippen molar-refractivity contribution < 1.29 is 14.3 Å². The molecular weight excluding hydrogens is 398 g/mol. The molecule has 0 radical (unpaired) electrons. The van der Waals surface area contributed by atoms with Gasteiger partial charge in [-0.3, -0.25) is 14.6 Å². The number of anilines is 1. The van der Waals surface area contributed by atoms with E-state index >= 15 is 0 Å². The molecule has 0 aliphatic carbocycles. The van der Waals surface area contributed by atoms with E-state index in [-0.39, 0.29) is 5.91 Å². The van der Waals surface area contributed by atoms with Crippen molar-refractivity contribution in [2.45, 2.75) is 13.8 Å². The highest BCUT2D eigenvalue weighted by molar-refractivity contribution is 7.22. The number of nitrogens with zero attached hydrogens (tertiary/aromatic N) is 3. The number of amides is 1. The lowest BCUT2D eigenvalue weighted by atomic mass is 10.1. The normalized spacial score (nSPS) is 14.8. The molecule has 7 heteroatoms. The van der Waals surface area contributed by atoms with E-state index < -0.39 is 0 Å². The Bertz CT molecular complexity index is 1030. The van der Waals surface area contributed by atoms with Crippen molar-refractivity contribution in [3.05, 3.63) is 53.1 Å². The number of hydrogen-bond acceptors (Lipinski definition) is 6. The van der Waals surface area contributed by atoms with Gasteiger partial charge in [-0.25, -0.2) is 4.98 Å². The van der Waals surface area contributed by atoms with Crippen molar-refractivity contribution in [1.82, 2.24) is 9.88 Å². The SMILES string of the molecule is COc1ccc(C(=O)N(CCN2CCOCC2)c2nc3c(C)c(C)ccc3s2)cc1. The minimum absolute atomic E-state index is 0.0423. The fourth-order valence-corrected chi connectivity index (χ4v) is 4.62. The van der Waals surface area contributed by atoms with Gasteiger partial charge in [-0.05, 0) is 55.3 Å². The molecule has 158 valence electrons. The fourth-order valence-electron chi connectivity index (χ4n) is 3.57. The first-order chi connectivity index (χ1) is 14.6. The van der Waals surface area contributed by atoms with Crippen LogP contribution in [0, 0.1) is 13.8 Å². The van der Waals surface area contributed by atoms with Gasteiger partial charge in [0.15, 0.2) is 5.13 Å². The minimum Gasteiger partial charge on any atom is -0.497 e. The van der Waals surface area contributed by atoms with Crippen LogP contribution < -0.4 is 9.64 Å². The van der Waals surface area contributed by atoms with Crippen LogP contribution in [-0.2, 0) is 4.74 Å². The number of benzene rings is 2. The largest absolute Gasteiger partial charge is 0.497 e. The number of carbonyl (C=O) groups excluding carboxylic acids is 1. The van der Waals surface area contributed by atoms with Gasteiger partial charge in [0, 0.05) is 31.7 Å². The Morgan fingerprint density at radius 2 is 1.90 bits per heavy atom. The van der Waals surface area contributed by atoms with Crippen molar-refractivity contribution >= 4 is 32.6 Å². The van der Waals surface area contributed by atoms with Crippen molar-refractivity contribution in [3.8, 4) is 5.75 Å². The van der Waals surface area contributed by atoms with Crippen LogP contribution in [0.2, 0.25) is 0 Å². The Morgan fingerprint density at radius 3 is 2.60 bits per heavy atom. The molecule has 2 heterocycles. The molecule has 3 aromatic rings. The first-order valence-corrected chi connectivity index (χ1v) is 11.0. The molecule has 0 unspecified atom stereocenters. The second-order valence-electron chi connectivity index (χ2n) is 7.49. The number of morpholine rings is 1. The van der Waals surface area contributed by atoms with Gasteiger partial charge in [0.2, 0.25) is 0 Å². The zero-order valence-electron chi connectivity index (χ0n) is 17.7. The summed E-state index contributed by atoms with van der Waals surface area (Å²) in [5.41, 5.74) is 3.99. The predicted octanol–water partition coefficient (Wildman–Crippen LogP) is 3.90. The summed E-state index contributed by atoms with van der Waals surface area (Å²) in [6.07, 6.45) is 0. The lowest BCUT2D eigenvalue weighted by molar-refractivity contribution is 0.0391. The summed E-state index contributed by atoms with van der Waals surface area (Å²) < 4.78 is 11.8. The van der Waals surface area contributed by atoms with E-state index in [4.69, 9.17) is 14.5 Å². The maximum Gasteiger partial charge on any atom is 0.260 e. The van der Waals surface area contributed by atoms with Crippen LogP contribution in [0.1, 0.15) is 21.5 Å². The molecule has 1 fully saturated rings. The third kappa shape index (κ3) is 4.33. The van der Waals surface area contributed by atoms with Gasteiger partial charge in [-0.1, -0.05) is 17.4 Å². The summed E-state index contributed by atoms with van der Waals surface area (Å²) in [5, 5.41) is 0.743. The van der Waals surface area contributed by atoms with Crippen molar-refractivity contribution in [3.63, 3.8) is 0 Å². The third-order valence-corrected chi connectivity index (χ3v) is 6.67. The van der Waals surface area contributed by atoms with Gasteiger partial charge in [0.25, 0.3) is 5.91 Å². The van der Waals surface area contributed by atoms with Gasteiger partial charge in [0.1, 0.15) is 5.75 Å². The highest BCUT2D eigenvalue weighted by atomic mass is 32.1. The van der Waals surface area contributed by atoms with E-state index in [0.717, 1.165) is 53.9 Å². The summed E-state index contributed by atoms with van der Waals surface area (Å²) in [4.78, 5) is 22.5. The first-order valence-electron chi connectivity index (χ1n) is 10.2. The summed E-state index contributed by atoms with van der Waals surface area (Å²) >= 11 is 1.57. The van der Waals surface area contributed by atoms with Crippen LogP contribution in [0.4, 0.5) is 5.13 Å². The molecule has 1 aliphatic heterocycles. The van der Waals surface area contributed by atoms with E-state index in [0.29, 0.717) is 12.1 Å². The quantitative estimate of drug-likeness (QED) is 0.600. The molecule has 0 spiro atoms. The highest BCUT2D eigenvalue weighted by Gasteiger charge is 2.23. The molecule has 1 aliphatic rings. The Morgan fingerprint density at radius 1 is 1.17 bits per heavy atom.